The van der Waals surface area contributed by atoms with E-state index in [1.807, 2.05) is 54.6 Å². The molecule has 0 saturated carbocycles. The molecule has 0 fully saturated rings. The van der Waals surface area contributed by atoms with Crippen LogP contribution >= 0.6 is 51.1 Å². The van der Waals surface area contributed by atoms with Crippen molar-refractivity contribution in [1.29, 1.82) is 0 Å². The van der Waals surface area contributed by atoms with Gasteiger partial charge < -0.3 is 0 Å². The molecular formula is C17H11BrClNOS2. The van der Waals surface area contributed by atoms with Crippen molar-refractivity contribution < 1.29 is 4.79 Å². The first-order valence-corrected chi connectivity index (χ1v) is 9.73. The number of rotatable bonds is 3. The van der Waals surface area contributed by atoms with Crippen LogP contribution in [0.25, 0.3) is 6.08 Å². The zero-order valence-electron chi connectivity index (χ0n) is 11.8. The lowest BCUT2D eigenvalue weighted by Gasteiger charge is -2.02. The van der Waals surface area contributed by atoms with Gasteiger partial charge in [0.2, 0.25) is 5.12 Å². The van der Waals surface area contributed by atoms with Gasteiger partial charge in [-0.25, -0.2) is 4.99 Å². The summed E-state index contributed by atoms with van der Waals surface area (Å²) < 4.78 is 1.73. The molecule has 116 valence electrons. The third kappa shape index (κ3) is 4.51. The van der Waals surface area contributed by atoms with Crippen LogP contribution in [0.15, 0.2) is 63.7 Å². The molecule has 2 nitrogen and oxygen atoms in total. The lowest BCUT2D eigenvalue weighted by atomic mass is 10.2. The number of aliphatic imine (C=N–C) groups is 1. The second kappa shape index (κ2) is 7.71. The van der Waals surface area contributed by atoms with E-state index in [4.69, 9.17) is 11.6 Å². The van der Waals surface area contributed by atoms with Crippen LogP contribution in [0, 0.1) is 0 Å². The standard InChI is InChI=1S/C17H11BrClNOS2/c18-13-6-3-4-11(8-13)9-15-16(21)23-17(20-15)22-10-12-5-1-2-7-14(12)19/h1-9H,10H2/b15-9-. The predicted octanol–water partition coefficient (Wildman–Crippen LogP) is 6.01. The Bertz CT molecular complexity index is 820. The topological polar surface area (TPSA) is 29.4 Å². The van der Waals surface area contributed by atoms with Crippen molar-refractivity contribution in [2.24, 2.45) is 4.99 Å². The van der Waals surface area contributed by atoms with Crippen molar-refractivity contribution in [3.8, 4) is 0 Å². The van der Waals surface area contributed by atoms with E-state index in [9.17, 15) is 4.79 Å². The number of thioether (sulfide) groups is 2. The number of halogens is 2. The fraction of sp³-hybridized carbons (Fsp3) is 0.0588. The summed E-state index contributed by atoms with van der Waals surface area (Å²) in [4.78, 5) is 16.5. The van der Waals surface area contributed by atoms with Crippen LogP contribution in [0.5, 0.6) is 0 Å². The molecule has 0 spiro atoms. The number of carbonyl (C=O) groups is 1. The Kier molecular flexibility index (Phi) is 5.64. The minimum Gasteiger partial charge on any atom is -0.279 e. The highest BCUT2D eigenvalue weighted by Crippen LogP contribution is 2.33. The zero-order valence-corrected chi connectivity index (χ0v) is 15.8. The van der Waals surface area contributed by atoms with E-state index < -0.39 is 0 Å². The molecule has 1 aliphatic rings. The van der Waals surface area contributed by atoms with Gasteiger partial charge in [0.1, 0.15) is 10.1 Å². The molecule has 0 atom stereocenters. The van der Waals surface area contributed by atoms with Crippen molar-refractivity contribution in [2.75, 3.05) is 0 Å². The Labute approximate surface area is 156 Å². The third-order valence-corrected chi connectivity index (χ3v) is 5.98. The SMILES string of the molecule is O=C1SC(SCc2ccccc2Cl)=N/C1=C\c1cccc(Br)c1. The Hall–Kier alpha value is -1.01. The maximum atomic E-state index is 12.1. The van der Waals surface area contributed by atoms with E-state index in [0.717, 1.165) is 25.0 Å². The average Bonchev–Trinajstić information content (AvgIpc) is 2.87. The van der Waals surface area contributed by atoms with E-state index in [2.05, 4.69) is 20.9 Å². The van der Waals surface area contributed by atoms with Crippen molar-refractivity contribution >= 4 is 66.6 Å². The van der Waals surface area contributed by atoms with Gasteiger partial charge in [0.05, 0.1) is 0 Å². The van der Waals surface area contributed by atoms with Crippen LogP contribution in [0.4, 0.5) is 0 Å². The van der Waals surface area contributed by atoms with Crippen molar-refractivity contribution in [3.05, 3.63) is 74.9 Å². The van der Waals surface area contributed by atoms with Gasteiger partial charge in [-0.3, -0.25) is 4.79 Å². The second-order valence-corrected chi connectivity index (χ2v) is 8.24. The molecule has 1 aliphatic heterocycles. The molecule has 0 saturated heterocycles. The maximum absolute atomic E-state index is 12.1. The Morgan fingerprint density at radius 2 is 2.04 bits per heavy atom. The first-order valence-electron chi connectivity index (χ1n) is 6.76. The van der Waals surface area contributed by atoms with Gasteiger partial charge >= 0.3 is 0 Å². The molecule has 0 radical (unpaired) electrons. The molecule has 23 heavy (non-hydrogen) atoms. The second-order valence-electron chi connectivity index (χ2n) is 4.73. The number of hydrogen-bond donors (Lipinski definition) is 0. The molecule has 3 rings (SSSR count). The van der Waals surface area contributed by atoms with Gasteiger partial charge in [0.25, 0.3) is 0 Å². The van der Waals surface area contributed by atoms with Crippen molar-refractivity contribution in [2.45, 2.75) is 5.75 Å². The number of carbonyl (C=O) groups excluding carboxylic acids is 1. The number of nitrogens with zero attached hydrogens (tertiary/aromatic N) is 1. The van der Waals surface area contributed by atoms with Crippen LogP contribution in [-0.4, -0.2) is 9.49 Å². The fourth-order valence-electron chi connectivity index (χ4n) is 1.96. The summed E-state index contributed by atoms with van der Waals surface area (Å²) in [5, 5.41) is 0.714. The number of benzene rings is 2. The Morgan fingerprint density at radius 1 is 1.22 bits per heavy atom. The highest BCUT2D eigenvalue weighted by Gasteiger charge is 2.22. The van der Waals surface area contributed by atoms with Crippen LogP contribution < -0.4 is 0 Å². The molecule has 1 heterocycles. The summed E-state index contributed by atoms with van der Waals surface area (Å²) in [6.07, 6.45) is 1.81. The molecule has 0 aliphatic carbocycles. The molecular weight excluding hydrogens is 414 g/mol. The fourth-order valence-corrected chi connectivity index (χ4v) is 4.50. The molecule has 0 aromatic heterocycles. The Balaban J connectivity index is 1.73. The van der Waals surface area contributed by atoms with E-state index in [1.165, 1.54) is 23.5 Å². The summed E-state index contributed by atoms with van der Waals surface area (Å²) in [6.45, 7) is 0. The molecule has 0 bridgehead atoms. The first-order chi connectivity index (χ1) is 11.1. The van der Waals surface area contributed by atoms with Gasteiger partial charge in [-0.1, -0.05) is 69.6 Å². The van der Waals surface area contributed by atoms with Gasteiger partial charge in [-0.05, 0) is 47.2 Å². The summed E-state index contributed by atoms with van der Waals surface area (Å²) in [6, 6.07) is 15.5. The molecule has 0 amide bonds. The predicted molar refractivity (Wildman–Crippen MR) is 105 cm³/mol. The van der Waals surface area contributed by atoms with Crippen LogP contribution in [-0.2, 0) is 10.5 Å². The third-order valence-electron chi connectivity index (χ3n) is 3.06. The summed E-state index contributed by atoms with van der Waals surface area (Å²) in [5.74, 6) is 0.697. The molecule has 2 aromatic carbocycles. The summed E-state index contributed by atoms with van der Waals surface area (Å²) >= 11 is 12.3. The molecule has 0 N–H and O–H groups in total. The maximum Gasteiger partial charge on any atom is 0.244 e. The van der Waals surface area contributed by atoms with E-state index >= 15 is 0 Å². The molecule has 2 aromatic rings. The normalized spacial score (nSPS) is 16.0. The largest absolute Gasteiger partial charge is 0.279 e. The van der Waals surface area contributed by atoms with Crippen LogP contribution in [0.2, 0.25) is 5.02 Å². The van der Waals surface area contributed by atoms with Crippen molar-refractivity contribution in [1.82, 2.24) is 0 Å². The highest BCUT2D eigenvalue weighted by molar-refractivity contribution is 9.10. The monoisotopic (exact) mass is 423 g/mol. The minimum absolute atomic E-state index is 0.0216. The summed E-state index contributed by atoms with van der Waals surface area (Å²) in [5.41, 5.74) is 2.47. The van der Waals surface area contributed by atoms with E-state index in [1.54, 1.807) is 0 Å². The van der Waals surface area contributed by atoms with Crippen molar-refractivity contribution in [3.63, 3.8) is 0 Å². The van der Waals surface area contributed by atoms with Gasteiger partial charge in [0, 0.05) is 15.2 Å². The lowest BCUT2D eigenvalue weighted by Crippen LogP contribution is -1.88. The average molecular weight is 425 g/mol. The molecule has 6 heteroatoms. The Morgan fingerprint density at radius 3 is 2.83 bits per heavy atom. The highest BCUT2D eigenvalue weighted by atomic mass is 79.9. The number of hydrogen-bond acceptors (Lipinski definition) is 4. The van der Waals surface area contributed by atoms with Crippen LogP contribution in [0.3, 0.4) is 0 Å². The quantitative estimate of drug-likeness (QED) is 0.565. The first kappa shape index (κ1) is 16.8. The summed E-state index contributed by atoms with van der Waals surface area (Å²) in [7, 11) is 0. The van der Waals surface area contributed by atoms with E-state index in [0.29, 0.717) is 11.4 Å². The smallest absolute Gasteiger partial charge is 0.244 e. The molecule has 0 unspecified atom stereocenters. The lowest BCUT2D eigenvalue weighted by molar-refractivity contribution is -0.107. The van der Waals surface area contributed by atoms with Crippen LogP contribution in [0.1, 0.15) is 11.1 Å². The van der Waals surface area contributed by atoms with Gasteiger partial charge in [-0.15, -0.1) is 0 Å². The minimum atomic E-state index is -0.0216. The van der Waals surface area contributed by atoms with Gasteiger partial charge in [0.15, 0.2) is 0 Å². The van der Waals surface area contributed by atoms with E-state index in [-0.39, 0.29) is 5.12 Å². The van der Waals surface area contributed by atoms with Gasteiger partial charge in [-0.2, -0.15) is 0 Å². The zero-order chi connectivity index (χ0) is 16.2.